The van der Waals surface area contributed by atoms with Gasteiger partial charge < -0.3 is 10.2 Å². The number of benzene rings is 1. The fourth-order valence-corrected chi connectivity index (χ4v) is 3.36. The molecular formula is C19H30O3. The molecule has 0 saturated carbocycles. The molecule has 0 fully saturated rings. The number of phenolic OH excluding ortho intramolecular Hbond substituents is 1. The number of hydrogen-bond donors (Lipinski definition) is 2. The predicted molar refractivity (Wildman–Crippen MR) is 90.5 cm³/mol. The van der Waals surface area contributed by atoms with Gasteiger partial charge in [0, 0.05) is 12.0 Å². The molecule has 0 radical (unpaired) electrons. The molecule has 0 aliphatic heterocycles. The van der Waals surface area contributed by atoms with Crippen molar-refractivity contribution in [3.8, 4) is 5.75 Å². The Morgan fingerprint density at radius 1 is 1.14 bits per heavy atom. The molecule has 1 aromatic rings. The van der Waals surface area contributed by atoms with Gasteiger partial charge in [0.1, 0.15) is 5.75 Å². The van der Waals surface area contributed by atoms with E-state index in [1.165, 1.54) is 0 Å². The number of carbonyl (C=O) groups is 1. The maximum Gasteiger partial charge on any atom is 0.303 e. The monoisotopic (exact) mass is 306 g/mol. The second kappa shape index (κ2) is 6.72. The van der Waals surface area contributed by atoms with Gasteiger partial charge in [-0.05, 0) is 41.2 Å². The van der Waals surface area contributed by atoms with Crippen LogP contribution >= 0.6 is 0 Å². The maximum atomic E-state index is 10.8. The van der Waals surface area contributed by atoms with Crippen LogP contribution in [-0.2, 0) is 23.1 Å². The van der Waals surface area contributed by atoms with Crippen molar-refractivity contribution in [1.82, 2.24) is 0 Å². The Labute approximate surface area is 134 Å². The SMILES string of the molecule is CCc1cc(CCC(=O)O)cc(C(C)(C)CC(C)(C)C)c1O. The van der Waals surface area contributed by atoms with Crippen molar-refractivity contribution in [2.45, 2.75) is 72.6 Å². The molecule has 0 saturated heterocycles. The largest absolute Gasteiger partial charge is 0.507 e. The first-order chi connectivity index (χ1) is 9.96. The van der Waals surface area contributed by atoms with Crippen molar-refractivity contribution in [2.75, 3.05) is 0 Å². The zero-order valence-electron chi connectivity index (χ0n) is 14.8. The summed E-state index contributed by atoms with van der Waals surface area (Å²) in [4.78, 5) is 10.8. The Kier molecular flexibility index (Phi) is 5.66. The van der Waals surface area contributed by atoms with Crippen LogP contribution in [0.2, 0.25) is 0 Å². The Morgan fingerprint density at radius 3 is 2.18 bits per heavy atom. The molecule has 0 amide bonds. The molecule has 1 aromatic carbocycles. The summed E-state index contributed by atoms with van der Waals surface area (Å²) in [5, 5.41) is 19.5. The summed E-state index contributed by atoms with van der Waals surface area (Å²) < 4.78 is 0. The molecule has 0 atom stereocenters. The summed E-state index contributed by atoms with van der Waals surface area (Å²) in [7, 11) is 0. The average molecular weight is 306 g/mol. The van der Waals surface area contributed by atoms with E-state index in [9.17, 15) is 9.90 Å². The molecule has 3 heteroatoms. The second-order valence-electron chi connectivity index (χ2n) is 8.02. The molecular weight excluding hydrogens is 276 g/mol. The van der Waals surface area contributed by atoms with Crippen LogP contribution in [0, 0.1) is 5.41 Å². The van der Waals surface area contributed by atoms with Crippen molar-refractivity contribution >= 4 is 5.97 Å². The maximum absolute atomic E-state index is 10.8. The lowest BCUT2D eigenvalue weighted by Crippen LogP contribution is -2.25. The third-order valence-corrected chi connectivity index (χ3v) is 3.96. The van der Waals surface area contributed by atoms with E-state index in [4.69, 9.17) is 5.11 Å². The first-order valence-electron chi connectivity index (χ1n) is 8.03. The van der Waals surface area contributed by atoms with E-state index in [1.54, 1.807) is 0 Å². The van der Waals surface area contributed by atoms with Crippen LogP contribution in [0.4, 0.5) is 0 Å². The van der Waals surface area contributed by atoms with Gasteiger partial charge in [0.25, 0.3) is 0 Å². The number of aliphatic carboxylic acids is 1. The van der Waals surface area contributed by atoms with Crippen LogP contribution < -0.4 is 0 Å². The Hall–Kier alpha value is -1.51. The molecule has 2 N–H and O–H groups in total. The third-order valence-electron chi connectivity index (χ3n) is 3.96. The summed E-state index contributed by atoms with van der Waals surface area (Å²) in [6, 6.07) is 3.93. The quantitative estimate of drug-likeness (QED) is 0.802. The fraction of sp³-hybridized carbons (Fsp3) is 0.632. The summed E-state index contributed by atoms with van der Waals surface area (Å²) in [6.45, 7) is 12.9. The Balaban J connectivity index is 3.26. The number of aryl methyl sites for hydroxylation is 2. The third kappa shape index (κ3) is 5.04. The lowest BCUT2D eigenvalue weighted by molar-refractivity contribution is -0.136. The number of carboxylic acids is 1. The molecule has 0 aromatic heterocycles. The molecule has 3 nitrogen and oxygen atoms in total. The van der Waals surface area contributed by atoms with E-state index in [1.807, 2.05) is 19.1 Å². The molecule has 22 heavy (non-hydrogen) atoms. The van der Waals surface area contributed by atoms with Crippen LogP contribution in [0.25, 0.3) is 0 Å². The van der Waals surface area contributed by atoms with Crippen molar-refractivity contribution < 1.29 is 15.0 Å². The van der Waals surface area contributed by atoms with Gasteiger partial charge in [-0.1, -0.05) is 53.7 Å². The van der Waals surface area contributed by atoms with E-state index in [-0.39, 0.29) is 17.3 Å². The number of carboxylic acid groups (broad SMARTS) is 1. The molecule has 0 spiro atoms. The van der Waals surface area contributed by atoms with E-state index in [0.29, 0.717) is 12.2 Å². The van der Waals surface area contributed by atoms with Crippen LogP contribution in [0.3, 0.4) is 0 Å². The summed E-state index contributed by atoms with van der Waals surface area (Å²) in [6.07, 6.45) is 2.30. The molecule has 0 aliphatic carbocycles. The molecule has 0 aliphatic rings. The number of aromatic hydroxyl groups is 1. The van der Waals surface area contributed by atoms with Gasteiger partial charge in [0.2, 0.25) is 0 Å². The van der Waals surface area contributed by atoms with Crippen LogP contribution in [0.5, 0.6) is 5.75 Å². The molecule has 0 heterocycles. The van der Waals surface area contributed by atoms with E-state index in [0.717, 1.165) is 29.5 Å². The van der Waals surface area contributed by atoms with E-state index in [2.05, 4.69) is 34.6 Å². The van der Waals surface area contributed by atoms with Crippen LogP contribution in [0.15, 0.2) is 12.1 Å². The predicted octanol–water partition coefficient (Wildman–Crippen LogP) is 4.69. The highest BCUT2D eigenvalue weighted by Crippen LogP contribution is 2.42. The lowest BCUT2D eigenvalue weighted by Gasteiger charge is -2.34. The minimum atomic E-state index is -0.790. The van der Waals surface area contributed by atoms with E-state index < -0.39 is 5.97 Å². The zero-order chi connectivity index (χ0) is 17.1. The highest BCUT2D eigenvalue weighted by Gasteiger charge is 2.30. The lowest BCUT2D eigenvalue weighted by atomic mass is 9.71. The summed E-state index contributed by atoms with van der Waals surface area (Å²) in [5.41, 5.74) is 2.82. The zero-order valence-corrected chi connectivity index (χ0v) is 14.8. The van der Waals surface area contributed by atoms with Gasteiger partial charge in [-0.3, -0.25) is 4.79 Å². The number of rotatable bonds is 6. The minimum absolute atomic E-state index is 0.118. The minimum Gasteiger partial charge on any atom is -0.507 e. The standard InChI is InChI=1S/C19H30O3/c1-7-14-10-13(8-9-16(20)21)11-15(17(14)22)19(5,6)12-18(2,3)4/h10-11,22H,7-9,12H2,1-6H3,(H,20,21). The molecule has 0 unspecified atom stereocenters. The average Bonchev–Trinajstić information content (AvgIpc) is 2.34. The Bertz CT molecular complexity index is 536. The fourth-order valence-electron chi connectivity index (χ4n) is 3.36. The van der Waals surface area contributed by atoms with Crippen LogP contribution in [-0.4, -0.2) is 16.2 Å². The normalized spacial score (nSPS) is 12.5. The summed E-state index contributed by atoms with van der Waals surface area (Å²) in [5.74, 6) is -0.419. The van der Waals surface area contributed by atoms with Crippen molar-refractivity contribution in [2.24, 2.45) is 5.41 Å². The number of hydrogen-bond acceptors (Lipinski definition) is 2. The smallest absolute Gasteiger partial charge is 0.303 e. The summed E-state index contributed by atoms with van der Waals surface area (Å²) >= 11 is 0. The Morgan fingerprint density at radius 2 is 1.73 bits per heavy atom. The highest BCUT2D eigenvalue weighted by molar-refractivity contribution is 5.67. The van der Waals surface area contributed by atoms with Crippen molar-refractivity contribution in [1.29, 1.82) is 0 Å². The van der Waals surface area contributed by atoms with Crippen molar-refractivity contribution in [3.63, 3.8) is 0 Å². The van der Waals surface area contributed by atoms with Gasteiger partial charge in [-0.15, -0.1) is 0 Å². The highest BCUT2D eigenvalue weighted by atomic mass is 16.4. The van der Waals surface area contributed by atoms with Gasteiger partial charge in [-0.25, -0.2) is 0 Å². The molecule has 1 rings (SSSR count). The van der Waals surface area contributed by atoms with Crippen LogP contribution in [0.1, 0.15) is 71.1 Å². The second-order valence-corrected chi connectivity index (χ2v) is 8.02. The number of phenols is 1. The molecule has 0 bridgehead atoms. The van der Waals surface area contributed by atoms with Crippen molar-refractivity contribution in [3.05, 3.63) is 28.8 Å². The first-order valence-corrected chi connectivity index (χ1v) is 8.03. The van der Waals surface area contributed by atoms with Gasteiger partial charge >= 0.3 is 5.97 Å². The first kappa shape index (κ1) is 18.5. The van der Waals surface area contributed by atoms with E-state index >= 15 is 0 Å². The molecule has 124 valence electrons. The topological polar surface area (TPSA) is 57.5 Å². The van der Waals surface area contributed by atoms with Gasteiger partial charge in [0.15, 0.2) is 0 Å². The van der Waals surface area contributed by atoms with Gasteiger partial charge in [-0.2, -0.15) is 0 Å². The van der Waals surface area contributed by atoms with Gasteiger partial charge in [0.05, 0.1) is 0 Å².